The first kappa shape index (κ1) is 52.3. The Morgan fingerprint density at radius 1 is 0.697 bits per heavy atom. The first-order valence-corrected chi connectivity index (χ1v) is 27.9. The van der Waals surface area contributed by atoms with Gasteiger partial charge in [0.2, 0.25) is 20.0 Å². The Kier molecular flexibility index (Phi) is 18.1. The van der Waals surface area contributed by atoms with Crippen molar-refractivity contribution in [1.82, 2.24) is 38.5 Å². The number of aromatic nitrogens is 6. The molecule has 364 valence electrons. The standard InChI is InChI=1S/C25H40N6O6S2.C19H26N4O3S/c1-6-36-16-21-29-22-23(31(21)17-25(2,3)30-39(5,34)35)19-12-11-18(15-20(19)28-24(22)26)37-14-10-8-7-9-13-27-38(4,32)33;1-3-4-9-16-22-17-18(14-7-5-6-8-15(14)21-19(17)20)23(16)10-11-26-12-13-27(2,24)25/h11-12,15,27,30H,6-10,13-14,16-17H2,1-5H3,(H2,26,28);5-8H,3-4,9-13H2,1-2H3,(H2,20,21). The fourth-order valence-corrected chi connectivity index (χ4v) is 9.60. The van der Waals surface area contributed by atoms with Crippen LogP contribution >= 0.6 is 0 Å². The number of unbranched alkanes of at least 4 members (excludes halogenated alkanes) is 4. The Morgan fingerprint density at radius 2 is 1.35 bits per heavy atom. The lowest BCUT2D eigenvalue weighted by Gasteiger charge is -2.27. The van der Waals surface area contributed by atoms with E-state index in [4.69, 9.17) is 35.6 Å². The highest BCUT2D eigenvalue weighted by Crippen LogP contribution is 2.33. The van der Waals surface area contributed by atoms with Crippen molar-refractivity contribution in [2.75, 3.05) is 69.0 Å². The van der Waals surface area contributed by atoms with Crippen LogP contribution in [0.1, 0.15) is 77.9 Å². The molecule has 0 unspecified atom stereocenters. The molecule has 0 aliphatic heterocycles. The summed E-state index contributed by atoms with van der Waals surface area (Å²) >= 11 is 0. The summed E-state index contributed by atoms with van der Waals surface area (Å²) in [5.41, 5.74) is 16.1. The summed E-state index contributed by atoms with van der Waals surface area (Å²) in [5.74, 6) is 2.97. The van der Waals surface area contributed by atoms with Gasteiger partial charge in [-0.15, -0.1) is 0 Å². The van der Waals surface area contributed by atoms with Gasteiger partial charge < -0.3 is 34.8 Å². The molecule has 4 heterocycles. The van der Waals surface area contributed by atoms with Gasteiger partial charge in [-0.25, -0.2) is 54.6 Å². The lowest BCUT2D eigenvalue weighted by molar-refractivity contribution is 0.125. The summed E-state index contributed by atoms with van der Waals surface area (Å²) < 4.78 is 95.1. The molecular weight excluding hydrogens is 909 g/mol. The van der Waals surface area contributed by atoms with Crippen LogP contribution in [0.4, 0.5) is 11.6 Å². The molecule has 22 heteroatoms. The third-order valence-electron chi connectivity index (χ3n) is 10.4. The Bertz CT molecular complexity index is 2940. The number of benzene rings is 2. The van der Waals surface area contributed by atoms with Gasteiger partial charge in [0.15, 0.2) is 11.6 Å². The second-order valence-electron chi connectivity index (χ2n) is 17.0. The van der Waals surface area contributed by atoms with E-state index in [1.165, 1.54) is 6.26 Å². The molecule has 0 aliphatic rings. The Morgan fingerprint density at radius 3 is 2.02 bits per heavy atom. The summed E-state index contributed by atoms with van der Waals surface area (Å²) in [7, 11) is -9.60. The summed E-state index contributed by atoms with van der Waals surface area (Å²) in [6.07, 6.45) is 9.89. The first-order chi connectivity index (χ1) is 31.1. The molecule has 6 N–H and O–H groups in total. The molecule has 6 rings (SSSR count). The highest BCUT2D eigenvalue weighted by atomic mass is 32.2. The lowest BCUT2D eigenvalue weighted by atomic mass is 10.1. The van der Waals surface area contributed by atoms with Crippen molar-refractivity contribution in [2.24, 2.45) is 0 Å². The molecule has 0 aliphatic carbocycles. The zero-order valence-electron chi connectivity index (χ0n) is 39.1. The molecule has 0 amide bonds. The van der Waals surface area contributed by atoms with E-state index < -0.39 is 35.4 Å². The molecule has 0 atom stereocenters. The van der Waals surface area contributed by atoms with Crippen molar-refractivity contribution in [1.29, 1.82) is 0 Å². The molecule has 0 fully saturated rings. The number of aryl methyl sites for hydroxylation is 1. The molecule has 6 aromatic rings. The van der Waals surface area contributed by atoms with Crippen LogP contribution in [-0.2, 0) is 65.5 Å². The van der Waals surface area contributed by atoms with Crippen molar-refractivity contribution < 1.29 is 39.5 Å². The number of anilines is 2. The van der Waals surface area contributed by atoms with Crippen LogP contribution < -0.4 is 25.6 Å². The molecule has 0 saturated carbocycles. The number of nitrogens with zero attached hydrogens (tertiary/aromatic N) is 6. The zero-order chi connectivity index (χ0) is 48.3. The average molecular weight is 975 g/mol. The number of ether oxygens (including phenoxy) is 3. The smallest absolute Gasteiger partial charge is 0.209 e. The summed E-state index contributed by atoms with van der Waals surface area (Å²) in [6.45, 7) is 10.9. The van der Waals surface area contributed by atoms with E-state index >= 15 is 0 Å². The fraction of sp³-hybridized carbons (Fsp3) is 0.545. The van der Waals surface area contributed by atoms with Crippen LogP contribution in [0.2, 0.25) is 0 Å². The summed E-state index contributed by atoms with van der Waals surface area (Å²) in [6, 6.07) is 13.5. The van der Waals surface area contributed by atoms with E-state index in [2.05, 4.69) is 30.9 Å². The minimum Gasteiger partial charge on any atom is -0.494 e. The van der Waals surface area contributed by atoms with Crippen LogP contribution in [0.5, 0.6) is 5.75 Å². The minimum absolute atomic E-state index is 0.0279. The van der Waals surface area contributed by atoms with Crippen molar-refractivity contribution in [2.45, 2.75) is 97.9 Å². The number of para-hydroxylation sites is 1. The largest absolute Gasteiger partial charge is 0.494 e. The number of nitrogens with two attached hydrogens (primary N) is 2. The van der Waals surface area contributed by atoms with E-state index in [0.717, 1.165) is 96.1 Å². The number of pyridine rings is 2. The number of fused-ring (bicyclic) bond motifs is 6. The van der Waals surface area contributed by atoms with Gasteiger partial charge in [0.25, 0.3) is 0 Å². The SMILES string of the molecule is CCCCc1nc2c(N)nc3ccccc3c2n1CCOCCS(C)(=O)=O.CCOCc1nc2c(N)nc3cc(OCCCCCCNS(C)(=O)=O)ccc3c2n1CC(C)(C)NS(C)(=O)=O. The van der Waals surface area contributed by atoms with Gasteiger partial charge >= 0.3 is 0 Å². The molecule has 2 aromatic carbocycles. The van der Waals surface area contributed by atoms with Crippen molar-refractivity contribution in [3.63, 3.8) is 0 Å². The molecule has 0 saturated heterocycles. The monoisotopic (exact) mass is 974 g/mol. The first-order valence-electron chi connectivity index (χ1n) is 22.1. The van der Waals surface area contributed by atoms with Gasteiger partial charge in [-0.3, -0.25) is 0 Å². The maximum absolute atomic E-state index is 12.0. The predicted octanol–water partition coefficient (Wildman–Crippen LogP) is 5.09. The second kappa shape index (κ2) is 22.9. The Balaban J connectivity index is 0.000000264. The van der Waals surface area contributed by atoms with Crippen LogP contribution in [-0.4, -0.2) is 117 Å². The van der Waals surface area contributed by atoms with Crippen LogP contribution in [0.15, 0.2) is 42.5 Å². The van der Waals surface area contributed by atoms with Gasteiger partial charge in [-0.2, -0.15) is 0 Å². The van der Waals surface area contributed by atoms with Crippen molar-refractivity contribution >= 4 is 85.4 Å². The van der Waals surface area contributed by atoms with E-state index in [1.54, 1.807) is 0 Å². The number of hydrogen-bond donors (Lipinski definition) is 4. The quantitative estimate of drug-likeness (QED) is 0.0545. The molecule has 0 bridgehead atoms. The lowest BCUT2D eigenvalue weighted by Crippen LogP contribution is -2.46. The second-order valence-corrected chi connectivity index (χ2v) is 22.9. The predicted molar refractivity (Wildman–Crippen MR) is 262 cm³/mol. The van der Waals surface area contributed by atoms with Crippen LogP contribution in [0.25, 0.3) is 43.9 Å². The minimum atomic E-state index is -3.44. The van der Waals surface area contributed by atoms with Crippen LogP contribution in [0.3, 0.4) is 0 Å². The van der Waals surface area contributed by atoms with E-state index in [1.807, 2.05) is 67.8 Å². The highest BCUT2D eigenvalue weighted by Gasteiger charge is 2.27. The molecule has 4 aromatic heterocycles. The van der Waals surface area contributed by atoms with E-state index in [0.29, 0.717) is 67.9 Å². The number of nitrogens with one attached hydrogen (secondary N) is 2. The van der Waals surface area contributed by atoms with Gasteiger partial charge in [-0.05, 0) is 58.2 Å². The van der Waals surface area contributed by atoms with Crippen LogP contribution in [0, 0.1) is 0 Å². The molecule has 19 nitrogen and oxygen atoms in total. The number of rotatable bonds is 25. The van der Waals surface area contributed by atoms with E-state index in [9.17, 15) is 25.3 Å². The fourth-order valence-electron chi connectivity index (χ4n) is 7.60. The van der Waals surface area contributed by atoms with Gasteiger partial charge in [0, 0.05) is 61.3 Å². The van der Waals surface area contributed by atoms with Gasteiger partial charge in [-0.1, -0.05) is 44.4 Å². The normalized spacial score (nSPS) is 12.7. The zero-order valence-corrected chi connectivity index (χ0v) is 41.5. The highest BCUT2D eigenvalue weighted by molar-refractivity contribution is 7.90. The summed E-state index contributed by atoms with van der Waals surface area (Å²) in [5, 5.41) is 1.82. The van der Waals surface area contributed by atoms with Crippen molar-refractivity contribution in [3.8, 4) is 5.75 Å². The number of imidazole rings is 2. The average Bonchev–Trinajstić information content (AvgIpc) is 3.77. The maximum atomic E-state index is 12.0. The number of sulfonamides is 2. The third-order valence-corrected chi connectivity index (χ3v) is 13.0. The molecule has 0 spiro atoms. The maximum Gasteiger partial charge on any atom is 0.209 e. The number of nitrogen functional groups attached to an aromatic ring is 2. The summed E-state index contributed by atoms with van der Waals surface area (Å²) in [4.78, 5) is 18.5. The molecule has 0 radical (unpaired) electrons. The van der Waals surface area contributed by atoms with Crippen molar-refractivity contribution in [3.05, 3.63) is 54.1 Å². The number of sulfone groups is 1. The number of hydrogen-bond acceptors (Lipinski definition) is 15. The molecular formula is C44H66N10O9S3. The Labute approximate surface area is 388 Å². The van der Waals surface area contributed by atoms with E-state index in [-0.39, 0.29) is 24.8 Å². The molecule has 66 heavy (non-hydrogen) atoms. The third kappa shape index (κ3) is 15.2. The topological polar surface area (TPSA) is 268 Å². The van der Waals surface area contributed by atoms with Gasteiger partial charge in [0.1, 0.15) is 44.9 Å². The van der Waals surface area contributed by atoms with Gasteiger partial charge in [0.05, 0.1) is 60.2 Å². The Hall–Kier alpha value is -4.71.